The Labute approximate surface area is 160 Å². The summed E-state index contributed by atoms with van der Waals surface area (Å²) in [6.07, 6.45) is 0. The van der Waals surface area contributed by atoms with Crippen molar-refractivity contribution in [3.8, 4) is 5.75 Å². The van der Waals surface area contributed by atoms with Crippen molar-refractivity contribution < 1.29 is 32.6 Å². The first-order valence-corrected chi connectivity index (χ1v) is 10.7. The molecule has 9 nitrogen and oxygen atoms in total. The summed E-state index contributed by atoms with van der Waals surface area (Å²) in [6, 6.07) is 6.71. The molecule has 2 atom stereocenters. The molecule has 0 saturated carbocycles. The van der Waals surface area contributed by atoms with E-state index >= 15 is 0 Å². The van der Waals surface area contributed by atoms with E-state index in [4.69, 9.17) is 14.6 Å². The molecule has 2 saturated heterocycles. The summed E-state index contributed by atoms with van der Waals surface area (Å²) in [5.74, 6) is -1.14. The maximum atomic E-state index is 12.0. The molecule has 11 heteroatoms. The number of aliphatic imine (C=N–C) groups is 1. The highest BCUT2D eigenvalue weighted by molar-refractivity contribution is 8.16. The Kier molecular flexibility index (Phi) is 5.72. The number of carboxylic acids is 1. The fourth-order valence-electron chi connectivity index (χ4n) is 2.97. The van der Waals surface area contributed by atoms with E-state index in [-0.39, 0.29) is 22.8 Å². The molecule has 3 rings (SSSR count). The number of fused-ring (bicyclic) bond motifs is 1. The van der Waals surface area contributed by atoms with E-state index in [1.165, 1.54) is 11.8 Å². The number of carboxylic acid groups (broad SMARTS) is 1. The van der Waals surface area contributed by atoms with Crippen LogP contribution in [0.15, 0.2) is 29.3 Å². The summed E-state index contributed by atoms with van der Waals surface area (Å²) in [5.41, 5.74) is 0.700. The summed E-state index contributed by atoms with van der Waals surface area (Å²) in [6.45, 7) is -1.05. The van der Waals surface area contributed by atoms with E-state index in [1.54, 1.807) is 36.3 Å². The minimum Gasteiger partial charge on any atom is -0.497 e. The topological polar surface area (TPSA) is 123 Å². The molecule has 1 aromatic rings. The Morgan fingerprint density at radius 2 is 1.96 bits per heavy atom. The molecule has 2 fully saturated rings. The van der Waals surface area contributed by atoms with Crippen LogP contribution in [-0.2, 0) is 24.2 Å². The Morgan fingerprint density at radius 1 is 1.26 bits per heavy atom. The smallest absolute Gasteiger partial charge is 0.329 e. The normalized spacial score (nSPS) is 24.8. The van der Waals surface area contributed by atoms with Gasteiger partial charge in [-0.25, -0.2) is 13.2 Å². The largest absolute Gasteiger partial charge is 0.497 e. The Morgan fingerprint density at radius 3 is 2.59 bits per heavy atom. The summed E-state index contributed by atoms with van der Waals surface area (Å²) < 4.78 is 33.9. The maximum absolute atomic E-state index is 12.0. The fourth-order valence-corrected chi connectivity index (χ4v) is 6.91. The molecule has 0 aromatic heterocycles. The van der Waals surface area contributed by atoms with Crippen molar-refractivity contribution in [3.63, 3.8) is 0 Å². The van der Waals surface area contributed by atoms with E-state index in [2.05, 4.69) is 4.99 Å². The number of methoxy groups -OCH3 is 1. The number of sulfone groups is 1. The predicted octanol–water partition coefficient (Wildman–Crippen LogP) is 0.398. The highest BCUT2D eigenvalue weighted by atomic mass is 32.2. The average molecular weight is 414 g/mol. The Balaban J connectivity index is 1.84. The molecule has 1 aromatic carbocycles. The van der Waals surface area contributed by atoms with E-state index in [0.717, 1.165) is 0 Å². The monoisotopic (exact) mass is 414 g/mol. The number of benzene rings is 1. The molecule has 27 heavy (non-hydrogen) atoms. The number of thioether (sulfide) groups is 1. The van der Waals surface area contributed by atoms with Gasteiger partial charge in [-0.1, -0.05) is 11.8 Å². The molecule has 0 bridgehead atoms. The summed E-state index contributed by atoms with van der Waals surface area (Å²) in [5, 5.41) is 8.71. The third kappa shape index (κ3) is 4.60. The number of rotatable bonds is 6. The second-order valence-corrected chi connectivity index (χ2v) is 9.40. The number of amides is 1. The zero-order chi connectivity index (χ0) is 19.6. The van der Waals surface area contributed by atoms with Crippen molar-refractivity contribution in [1.82, 2.24) is 0 Å². The van der Waals surface area contributed by atoms with Crippen LogP contribution in [0.1, 0.15) is 0 Å². The lowest BCUT2D eigenvalue weighted by molar-refractivity contribution is -0.143. The molecular formula is C16H18N2O7S2. The van der Waals surface area contributed by atoms with Gasteiger partial charge in [0.1, 0.15) is 19.0 Å². The molecular weight excluding hydrogens is 396 g/mol. The van der Waals surface area contributed by atoms with Crippen molar-refractivity contribution >= 4 is 44.3 Å². The quantitative estimate of drug-likeness (QED) is 0.704. The second kappa shape index (κ2) is 7.87. The SMILES string of the molecule is COc1ccc(N2C(=NC(=O)COCC(=O)O)S[C@H]3CS(=O)(=O)C[C@H]32)cc1. The zero-order valence-corrected chi connectivity index (χ0v) is 16.0. The number of carbonyl (C=O) groups excluding carboxylic acids is 1. The van der Waals surface area contributed by atoms with E-state index in [1.807, 2.05) is 0 Å². The lowest BCUT2D eigenvalue weighted by Crippen LogP contribution is -2.37. The molecule has 2 aliphatic heterocycles. The third-order valence-corrected chi connectivity index (χ3v) is 7.30. The molecule has 0 spiro atoms. The highest BCUT2D eigenvalue weighted by Crippen LogP contribution is 2.41. The standard InChI is InChI=1S/C16H18N2O7S2/c1-24-11-4-2-10(3-5-11)18-12-8-27(22,23)9-13(12)26-16(18)17-14(19)6-25-7-15(20)21/h2-5,12-13H,6-9H2,1H3,(H,20,21)/t12-,13+/m1/s1. The summed E-state index contributed by atoms with van der Waals surface area (Å²) >= 11 is 1.24. The van der Waals surface area contributed by atoms with Crippen LogP contribution < -0.4 is 9.64 Å². The van der Waals surface area contributed by atoms with Gasteiger partial charge in [-0.3, -0.25) is 4.79 Å². The van der Waals surface area contributed by atoms with Gasteiger partial charge in [-0.15, -0.1) is 0 Å². The van der Waals surface area contributed by atoms with Crippen LogP contribution in [0.4, 0.5) is 5.69 Å². The second-order valence-electron chi connectivity index (χ2n) is 6.04. The number of hydrogen-bond donors (Lipinski definition) is 1. The molecule has 1 N–H and O–H groups in total. The first kappa shape index (κ1) is 19.6. The Bertz CT molecular complexity index is 867. The molecule has 2 heterocycles. The van der Waals surface area contributed by atoms with Gasteiger partial charge < -0.3 is 19.5 Å². The molecule has 146 valence electrons. The van der Waals surface area contributed by atoms with Gasteiger partial charge in [-0.05, 0) is 24.3 Å². The van der Waals surface area contributed by atoms with Gasteiger partial charge in [0.15, 0.2) is 15.0 Å². The maximum Gasteiger partial charge on any atom is 0.329 e. The first-order chi connectivity index (χ1) is 12.8. The van der Waals surface area contributed by atoms with Crippen molar-refractivity contribution in [3.05, 3.63) is 24.3 Å². The van der Waals surface area contributed by atoms with Crippen LogP contribution >= 0.6 is 11.8 Å². The first-order valence-electron chi connectivity index (χ1n) is 8.00. The predicted molar refractivity (Wildman–Crippen MR) is 100 cm³/mol. The van der Waals surface area contributed by atoms with Crippen LogP contribution in [0.3, 0.4) is 0 Å². The van der Waals surface area contributed by atoms with Gasteiger partial charge in [0.05, 0.1) is 24.7 Å². The van der Waals surface area contributed by atoms with Crippen molar-refractivity contribution in [2.75, 3.05) is 36.7 Å². The third-order valence-electron chi connectivity index (χ3n) is 4.09. The number of anilines is 1. The van der Waals surface area contributed by atoms with Crippen LogP contribution in [0.2, 0.25) is 0 Å². The summed E-state index contributed by atoms with van der Waals surface area (Å²) in [7, 11) is -1.61. The van der Waals surface area contributed by atoms with E-state index in [9.17, 15) is 18.0 Å². The molecule has 0 unspecified atom stereocenters. The Hall–Kier alpha value is -2.11. The lowest BCUT2D eigenvalue weighted by Gasteiger charge is -2.24. The number of hydrogen-bond acceptors (Lipinski definition) is 7. The number of ether oxygens (including phenoxy) is 2. The minimum atomic E-state index is -3.15. The minimum absolute atomic E-state index is 0.0145. The summed E-state index contributed by atoms with van der Waals surface area (Å²) in [4.78, 5) is 28.2. The van der Waals surface area contributed by atoms with Crippen LogP contribution in [0.25, 0.3) is 0 Å². The number of carbonyl (C=O) groups is 2. The van der Waals surface area contributed by atoms with Crippen LogP contribution in [0.5, 0.6) is 5.75 Å². The molecule has 0 aliphatic carbocycles. The van der Waals surface area contributed by atoms with Crippen molar-refractivity contribution in [1.29, 1.82) is 0 Å². The van der Waals surface area contributed by atoms with Gasteiger partial charge in [0.25, 0.3) is 5.91 Å². The number of aliphatic carboxylic acids is 1. The van der Waals surface area contributed by atoms with Gasteiger partial charge in [-0.2, -0.15) is 4.99 Å². The van der Waals surface area contributed by atoms with Gasteiger partial charge >= 0.3 is 5.97 Å². The average Bonchev–Trinajstić information content (AvgIpc) is 3.05. The number of amidine groups is 1. The fraction of sp³-hybridized carbons (Fsp3) is 0.438. The number of nitrogens with zero attached hydrogens (tertiary/aromatic N) is 2. The van der Waals surface area contributed by atoms with Gasteiger partial charge in [0.2, 0.25) is 0 Å². The molecule has 1 amide bonds. The van der Waals surface area contributed by atoms with Gasteiger partial charge in [0, 0.05) is 10.9 Å². The van der Waals surface area contributed by atoms with E-state index < -0.39 is 34.9 Å². The van der Waals surface area contributed by atoms with Crippen molar-refractivity contribution in [2.24, 2.45) is 4.99 Å². The van der Waals surface area contributed by atoms with Crippen LogP contribution in [0, 0.1) is 0 Å². The van der Waals surface area contributed by atoms with Crippen LogP contribution in [-0.4, -0.2) is 73.7 Å². The highest BCUT2D eigenvalue weighted by Gasteiger charge is 2.49. The lowest BCUT2D eigenvalue weighted by atomic mass is 10.2. The van der Waals surface area contributed by atoms with E-state index in [0.29, 0.717) is 16.6 Å². The zero-order valence-electron chi connectivity index (χ0n) is 14.4. The molecule has 2 aliphatic rings. The van der Waals surface area contributed by atoms with Crippen molar-refractivity contribution in [2.45, 2.75) is 11.3 Å². The molecule has 0 radical (unpaired) electrons.